The first kappa shape index (κ1) is 13.1. The van der Waals surface area contributed by atoms with Crippen LogP contribution in [0.2, 0.25) is 0 Å². The molecule has 0 atom stereocenters. The third-order valence-corrected chi connectivity index (χ3v) is 2.19. The molecule has 0 radical (unpaired) electrons. The Balaban J connectivity index is 2.72. The Morgan fingerprint density at radius 3 is 2.35 bits per heavy atom. The summed E-state index contributed by atoms with van der Waals surface area (Å²) >= 11 is 0. The molecule has 0 saturated carbocycles. The number of benzene rings is 1. The van der Waals surface area contributed by atoms with Gasteiger partial charge in [0.05, 0.1) is 6.61 Å². The average molecular weight is 240 g/mol. The number of aliphatic hydroxyl groups excluding tert-OH is 1. The average Bonchev–Trinajstić information content (AvgIpc) is 2.24. The van der Waals surface area contributed by atoms with Crippen molar-refractivity contribution < 1.29 is 20.1 Å². The first-order valence-corrected chi connectivity index (χ1v) is 5.26. The minimum absolute atomic E-state index is 0.119. The number of phenols is 2. The molecule has 0 spiro atoms. The van der Waals surface area contributed by atoms with E-state index in [1.54, 1.807) is 6.92 Å². The summed E-state index contributed by atoms with van der Waals surface area (Å²) in [6.07, 6.45) is 0. The number of nitrogens with zero attached hydrogens (tertiary/aromatic N) is 1. The van der Waals surface area contributed by atoms with Gasteiger partial charge in [-0.15, -0.1) is 0 Å². The maximum Gasteiger partial charge on any atom is 0.321 e. The van der Waals surface area contributed by atoms with Crippen LogP contribution in [0.5, 0.6) is 11.5 Å². The van der Waals surface area contributed by atoms with Gasteiger partial charge in [-0.05, 0) is 6.92 Å². The molecule has 1 aromatic rings. The van der Waals surface area contributed by atoms with Gasteiger partial charge in [-0.25, -0.2) is 4.79 Å². The maximum atomic E-state index is 11.7. The lowest BCUT2D eigenvalue weighted by Crippen LogP contribution is -2.36. The Labute approximate surface area is 99.1 Å². The molecule has 2 amide bonds. The summed E-state index contributed by atoms with van der Waals surface area (Å²) in [4.78, 5) is 13.1. The quantitative estimate of drug-likeness (QED) is 0.630. The highest BCUT2D eigenvalue weighted by atomic mass is 16.3. The first-order chi connectivity index (χ1) is 8.06. The molecule has 0 aliphatic rings. The molecule has 4 N–H and O–H groups in total. The van der Waals surface area contributed by atoms with Gasteiger partial charge in [-0.1, -0.05) is 0 Å². The van der Waals surface area contributed by atoms with E-state index in [9.17, 15) is 15.0 Å². The van der Waals surface area contributed by atoms with Gasteiger partial charge in [-0.3, -0.25) is 0 Å². The summed E-state index contributed by atoms with van der Waals surface area (Å²) in [6, 6.07) is 3.42. The van der Waals surface area contributed by atoms with E-state index in [1.807, 2.05) is 0 Å². The third-order valence-electron chi connectivity index (χ3n) is 2.19. The molecule has 0 unspecified atom stereocenters. The number of aromatic hydroxyl groups is 2. The minimum atomic E-state index is -0.397. The molecule has 1 aromatic carbocycles. The number of anilines is 1. The standard InChI is InChI=1S/C11H16N2O4/c1-2-13(3-4-14)11(17)12-8-5-9(15)7-10(16)6-8/h5-7,14-16H,2-4H2,1H3,(H,12,17). The number of rotatable bonds is 4. The van der Waals surface area contributed by atoms with E-state index in [4.69, 9.17) is 5.11 Å². The Morgan fingerprint density at radius 1 is 1.29 bits per heavy atom. The number of likely N-dealkylation sites (N-methyl/N-ethyl adjacent to an activating group) is 1. The zero-order valence-electron chi connectivity index (χ0n) is 9.55. The highest BCUT2D eigenvalue weighted by Crippen LogP contribution is 2.24. The van der Waals surface area contributed by atoms with Gasteiger partial charge in [0.2, 0.25) is 0 Å². The smallest absolute Gasteiger partial charge is 0.321 e. The largest absolute Gasteiger partial charge is 0.508 e. The molecular weight excluding hydrogens is 224 g/mol. The molecule has 6 heteroatoms. The summed E-state index contributed by atoms with van der Waals surface area (Å²) in [5, 5.41) is 29.8. The van der Waals surface area contributed by atoms with Gasteiger partial charge in [-0.2, -0.15) is 0 Å². The number of aliphatic hydroxyl groups is 1. The van der Waals surface area contributed by atoms with Crippen molar-refractivity contribution in [2.45, 2.75) is 6.92 Å². The number of hydrogen-bond donors (Lipinski definition) is 4. The Morgan fingerprint density at radius 2 is 1.88 bits per heavy atom. The SMILES string of the molecule is CCN(CCO)C(=O)Nc1cc(O)cc(O)c1. The normalized spacial score (nSPS) is 10.0. The molecule has 17 heavy (non-hydrogen) atoms. The molecule has 0 saturated heterocycles. The second-order valence-corrected chi connectivity index (χ2v) is 3.47. The van der Waals surface area contributed by atoms with Crippen molar-refractivity contribution >= 4 is 11.7 Å². The summed E-state index contributed by atoms with van der Waals surface area (Å²) in [5.41, 5.74) is 0.295. The van der Waals surface area contributed by atoms with Crippen LogP contribution in [-0.4, -0.2) is 45.9 Å². The molecule has 0 aliphatic heterocycles. The van der Waals surface area contributed by atoms with Gasteiger partial charge in [0.15, 0.2) is 0 Å². The number of phenolic OH excluding ortho intramolecular Hbond substituents is 2. The summed E-state index contributed by atoms with van der Waals surface area (Å²) in [5.74, 6) is -0.268. The highest BCUT2D eigenvalue weighted by Gasteiger charge is 2.11. The number of nitrogens with one attached hydrogen (secondary N) is 1. The van der Waals surface area contributed by atoms with Gasteiger partial charge >= 0.3 is 6.03 Å². The van der Waals surface area contributed by atoms with Crippen LogP contribution in [0, 0.1) is 0 Å². The number of carbonyl (C=O) groups excluding carboxylic acids is 1. The topological polar surface area (TPSA) is 93.0 Å². The number of urea groups is 1. The van der Waals surface area contributed by atoms with E-state index in [1.165, 1.54) is 23.1 Å². The van der Waals surface area contributed by atoms with Crippen molar-refractivity contribution in [2.24, 2.45) is 0 Å². The number of hydrogen-bond acceptors (Lipinski definition) is 4. The van der Waals surface area contributed by atoms with Crippen LogP contribution in [0.4, 0.5) is 10.5 Å². The van der Waals surface area contributed by atoms with Crippen LogP contribution in [0.3, 0.4) is 0 Å². The fourth-order valence-corrected chi connectivity index (χ4v) is 1.39. The zero-order valence-corrected chi connectivity index (χ0v) is 9.55. The Bertz CT molecular complexity index is 375. The highest BCUT2D eigenvalue weighted by molar-refractivity contribution is 5.89. The van der Waals surface area contributed by atoms with Crippen molar-refractivity contribution in [3.05, 3.63) is 18.2 Å². The van der Waals surface area contributed by atoms with E-state index in [0.29, 0.717) is 12.2 Å². The number of carbonyl (C=O) groups is 1. The van der Waals surface area contributed by atoms with Crippen LogP contribution in [0.25, 0.3) is 0 Å². The maximum absolute atomic E-state index is 11.7. The summed E-state index contributed by atoms with van der Waals surface area (Å²) in [6.45, 7) is 2.35. The van der Waals surface area contributed by atoms with Crippen LogP contribution < -0.4 is 5.32 Å². The lowest BCUT2D eigenvalue weighted by atomic mass is 10.3. The molecule has 0 bridgehead atoms. The van der Waals surface area contributed by atoms with Crippen molar-refractivity contribution in [1.29, 1.82) is 0 Å². The second kappa shape index (κ2) is 5.95. The van der Waals surface area contributed by atoms with E-state index in [0.717, 1.165) is 0 Å². The fraction of sp³-hybridized carbons (Fsp3) is 0.364. The van der Waals surface area contributed by atoms with E-state index in [2.05, 4.69) is 5.32 Å². The predicted octanol–water partition coefficient (Wildman–Crippen LogP) is 0.944. The third kappa shape index (κ3) is 3.84. The van der Waals surface area contributed by atoms with Crippen LogP contribution in [0.15, 0.2) is 18.2 Å². The van der Waals surface area contributed by atoms with Crippen LogP contribution in [-0.2, 0) is 0 Å². The molecule has 0 aromatic heterocycles. The second-order valence-electron chi connectivity index (χ2n) is 3.47. The van der Waals surface area contributed by atoms with Crippen molar-refractivity contribution in [3.8, 4) is 11.5 Å². The minimum Gasteiger partial charge on any atom is -0.508 e. The molecule has 0 fully saturated rings. The Kier molecular flexibility index (Phi) is 4.59. The van der Waals surface area contributed by atoms with Gasteiger partial charge < -0.3 is 25.5 Å². The molecule has 0 aliphatic carbocycles. The monoisotopic (exact) mass is 240 g/mol. The van der Waals surface area contributed by atoms with Crippen molar-refractivity contribution in [3.63, 3.8) is 0 Å². The van der Waals surface area contributed by atoms with E-state index < -0.39 is 6.03 Å². The van der Waals surface area contributed by atoms with Gasteiger partial charge in [0.25, 0.3) is 0 Å². The zero-order chi connectivity index (χ0) is 12.8. The molecular formula is C11H16N2O4. The molecule has 6 nitrogen and oxygen atoms in total. The summed E-state index contributed by atoms with van der Waals surface area (Å²) in [7, 11) is 0. The lowest BCUT2D eigenvalue weighted by Gasteiger charge is -2.20. The fourth-order valence-electron chi connectivity index (χ4n) is 1.39. The summed E-state index contributed by atoms with van der Waals surface area (Å²) < 4.78 is 0. The lowest BCUT2D eigenvalue weighted by molar-refractivity contribution is 0.192. The van der Waals surface area contributed by atoms with Gasteiger partial charge in [0.1, 0.15) is 11.5 Å². The van der Waals surface area contributed by atoms with Gasteiger partial charge in [0, 0.05) is 37.0 Å². The van der Waals surface area contributed by atoms with Crippen LogP contribution in [0.1, 0.15) is 6.92 Å². The van der Waals surface area contributed by atoms with E-state index in [-0.39, 0.29) is 24.7 Å². The first-order valence-electron chi connectivity index (χ1n) is 5.26. The molecule has 1 rings (SSSR count). The molecule has 94 valence electrons. The van der Waals surface area contributed by atoms with Crippen molar-refractivity contribution in [1.82, 2.24) is 4.90 Å². The molecule has 0 heterocycles. The van der Waals surface area contributed by atoms with Crippen LogP contribution >= 0.6 is 0 Å². The predicted molar refractivity (Wildman–Crippen MR) is 63.1 cm³/mol. The van der Waals surface area contributed by atoms with E-state index >= 15 is 0 Å². The van der Waals surface area contributed by atoms with Crippen molar-refractivity contribution in [2.75, 3.05) is 25.0 Å². The number of amides is 2. The Hall–Kier alpha value is -1.95.